The Morgan fingerprint density at radius 2 is 1.11 bits per heavy atom. The van der Waals surface area contributed by atoms with Gasteiger partial charge in [-0.15, -0.1) is 0 Å². The summed E-state index contributed by atoms with van der Waals surface area (Å²) >= 11 is 0. The van der Waals surface area contributed by atoms with Gasteiger partial charge in [0.05, 0.1) is 9.85 Å². The highest BCUT2D eigenvalue weighted by molar-refractivity contribution is 5.90. The molecular formula is C16H18N6O6. The molecule has 0 bridgehead atoms. The van der Waals surface area contributed by atoms with Crippen LogP contribution in [0.4, 0.5) is 34.1 Å². The van der Waals surface area contributed by atoms with Crippen LogP contribution in [0.2, 0.25) is 0 Å². The number of hydrogen-bond donors (Lipinski definition) is 4. The molecule has 0 heterocycles. The largest absolute Gasteiger partial charge is 0.393 e. The summed E-state index contributed by atoms with van der Waals surface area (Å²) < 4.78 is 0. The van der Waals surface area contributed by atoms with Crippen LogP contribution in [0.1, 0.15) is 13.8 Å². The van der Waals surface area contributed by atoms with E-state index in [1.165, 1.54) is 50.2 Å². The predicted molar refractivity (Wildman–Crippen MR) is 104 cm³/mol. The van der Waals surface area contributed by atoms with E-state index in [9.17, 15) is 29.8 Å². The van der Waals surface area contributed by atoms with Crippen molar-refractivity contribution < 1.29 is 19.4 Å². The van der Waals surface area contributed by atoms with Crippen molar-refractivity contribution in [2.24, 2.45) is 0 Å². The van der Waals surface area contributed by atoms with Gasteiger partial charge in [-0.3, -0.25) is 29.8 Å². The summed E-state index contributed by atoms with van der Waals surface area (Å²) in [6.45, 7) is 2.64. The highest BCUT2D eigenvalue weighted by Gasteiger charge is 2.12. The van der Waals surface area contributed by atoms with Gasteiger partial charge in [0.2, 0.25) is 11.8 Å². The number of amides is 2. The molecule has 0 fully saturated rings. The van der Waals surface area contributed by atoms with Crippen LogP contribution in [0.25, 0.3) is 0 Å². The fraction of sp³-hybridized carbons (Fsp3) is 0.125. The Labute approximate surface area is 158 Å². The molecule has 0 aromatic heterocycles. The number of nitrogens with zero attached hydrogens (tertiary/aromatic N) is 2. The average molecular weight is 390 g/mol. The van der Waals surface area contributed by atoms with Gasteiger partial charge in [0, 0.05) is 37.4 Å². The fourth-order valence-corrected chi connectivity index (χ4v) is 1.97. The smallest absolute Gasteiger partial charge is 0.294 e. The number of nitrogens with two attached hydrogens (primary N) is 2. The molecule has 0 aliphatic carbocycles. The second kappa shape index (κ2) is 9.47. The Morgan fingerprint density at radius 1 is 0.786 bits per heavy atom. The molecule has 0 radical (unpaired) electrons. The molecule has 2 amide bonds. The summed E-state index contributed by atoms with van der Waals surface area (Å²) in [7, 11) is 0. The van der Waals surface area contributed by atoms with Crippen LogP contribution in [0.5, 0.6) is 0 Å². The van der Waals surface area contributed by atoms with Gasteiger partial charge in [-0.25, -0.2) is 0 Å². The van der Waals surface area contributed by atoms with Gasteiger partial charge in [0.15, 0.2) is 0 Å². The Balaban J connectivity index is 0.000000280. The minimum absolute atomic E-state index is 0.0732. The van der Waals surface area contributed by atoms with Crippen molar-refractivity contribution in [2.75, 3.05) is 22.1 Å². The highest BCUT2D eigenvalue weighted by atomic mass is 16.6. The van der Waals surface area contributed by atoms with Crippen molar-refractivity contribution in [3.63, 3.8) is 0 Å². The van der Waals surface area contributed by atoms with Crippen molar-refractivity contribution in [2.45, 2.75) is 13.8 Å². The van der Waals surface area contributed by atoms with Crippen LogP contribution in [-0.2, 0) is 9.59 Å². The van der Waals surface area contributed by atoms with Gasteiger partial charge in [0.25, 0.3) is 11.4 Å². The molecular weight excluding hydrogens is 372 g/mol. The molecule has 0 spiro atoms. The van der Waals surface area contributed by atoms with E-state index in [0.29, 0.717) is 11.4 Å². The van der Waals surface area contributed by atoms with E-state index in [1.54, 1.807) is 0 Å². The number of nitrogen functional groups attached to an aromatic ring is 2. The number of hydrogen-bond acceptors (Lipinski definition) is 8. The maximum Gasteiger partial charge on any atom is 0.294 e. The van der Waals surface area contributed by atoms with Gasteiger partial charge in [-0.1, -0.05) is 0 Å². The lowest BCUT2D eigenvalue weighted by Crippen LogP contribution is -2.06. The summed E-state index contributed by atoms with van der Waals surface area (Å²) in [6, 6.07) is 8.20. The van der Waals surface area contributed by atoms with Crippen molar-refractivity contribution in [3.8, 4) is 0 Å². The molecule has 6 N–H and O–H groups in total. The number of benzene rings is 2. The third-order valence-electron chi connectivity index (χ3n) is 3.10. The second-order valence-electron chi connectivity index (χ2n) is 5.42. The van der Waals surface area contributed by atoms with E-state index in [4.69, 9.17) is 11.5 Å². The first-order valence-electron chi connectivity index (χ1n) is 7.64. The lowest BCUT2D eigenvalue weighted by atomic mass is 10.2. The van der Waals surface area contributed by atoms with E-state index in [2.05, 4.69) is 10.6 Å². The number of carbonyl (C=O) groups is 2. The molecule has 0 saturated carbocycles. The van der Waals surface area contributed by atoms with Crippen LogP contribution < -0.4 is 22.1 Å². The Bertz CT molecular complexity index is 854. The molecule has 28 heavy (non-hydrogen) atoms. The topological polar surface area (TPSA) is 197 Å². The Morgan fingerprint density at radius 3 is 1.36 bits per heavy atom. The molecule has 2 rings (SSSR count). The highest BCUT2D eigenvalue weighted by Crippen LogP contribution is 2.25. The van der Waals surface area contributed by atoms with Gasteiger partial charge >= 0.3 is 0 Å². The van der Waals surface area contributed by atoms with Crippen LogP contribution >= 0.6 is 0 Å². The first-order valence-corrected chi connectivity index (χ1v) is 7.64. The van der Waals surface area contributed by atoms with Crippen molar-refractivity contribution in [3.05, 3.63) is 56.6 Å². The number of carbonyl (C=O) groups excluding carboxylic acids is 2. The summed E-state index contributed by atoms with van der Waals surface area (Å²) in [5.41, 5.74) is 11.2. The van der Waals surface area contributed by atoms with E-state index in [-0.39, 0.29) is 34.6 Å². The predicted octanol–water partition coefficient (Wildman–Crippen LogP) is 2.27. The molecule has 0 aliphatic heterocycles. The Hall–Kier alpha value is -4.22. The van der Waals surface area contributed by atoms with Crippen LogP contribution in [0.3, 0.4) is 0 Å². The molecule has 0 aliphatic rings. The number of nitro groups is 2. The number of nitrogens with one attached hydrogen (secondary N) is 2. The zero-order valence-electron chi connectivity index (χ0n) is 15.0. The SMILES string of the molecule is CC(=O)Nc1ccc(N)c([N+](=O)[O-])c1.CC(=O)Nc1ccc(N)c([N+](=O)[O-])c1. The molecule has 0 unspecified atom stereocenters. The molecule has 12 nitrogen and oxygen atoms in total. The summed E-state index contributed by atoms with van der Waals surface area (Å²) in [5, 5.41) is 25.8. The molecule has 2 aromatic rings. The normalized spacial score (nSPS) is 9.50. The Kier molecular flexibility index (Phi) is 7.38. The van der Waals surface area contributed by atoms with E-state index in [0.717, 1.165) is 0 Å². The third kappa shape index (κ3) is 6.59. The summed E-state index contributed by atoms with van der Waals surface area (Å²) in [4.78, 5) is 41.1. The van der Waals surface area contributed by atoms with Gasteiger partial charge in [-0.05, 0) is 24.3 Å². The zero-order valence-corrected chi connectivity index (χ0v) is 15.0. The molecule has 2 aromatic carbocycles. The summed E-state index contributed by atoms with van der Waals surface area (Å²) in [5.74, 6) is -0.576. The van der Waals surface area contributed by atoms with Crippen molar-refractivity contribution in [1.82, 2.24) is 0 Å². The standard InChI is InChI=1S/2C8H9N3O3/c2*1-5(12)10-6-2-3-7(9)8(4-6)11(13)14/h2*2-4H,9H2,1H3,(H,10,12). The van der Waals surface area contributed by atoms with E-state index >= 15 is 0 Å². The second-order valence-corrected chi connectivity index (χ2v) is 5.42. The van der Waals surface area contributed by atoms with Crippen LogP contribution in [0.15, 0.2) is 36.4 Å². The monoisotopic (exact) mass is 390 g/mol. The first kappa shape index (κ1) is 21.8. The lowest BCUT2D eigenvalue weighted by Gasteiger charge is -2.02. The number of anilines is 4. The lowest BCUT2D eigenvalue weighted by molar-refractivity contribution is -0.384. The fourth-order valence-electron chi connectivity index (χ4n) is 1.97. The minimum atomic E-state index is -0.597. The maximum atomic E-state index is 10.7. The average Bonchev–Trinajstić information content (AvgIpc) is 2.57. The van der Waals surface area contributed by atoms with Crippen molar-refractivity contribution >= 4 is 45.9 Å². The van der Waals surface area contributed by atoms with Gasteiger partial charge in [0.1, 0.15) is 11.4 Å². The van der Waals surface area contributed by atoms with Gasteiger partial charge < -0.3 is 22.1 Å². The third-order valence-corrected chi connectivity index (χ3v) is 3.10. The van der Waals surface area contributed by atoms with Gasteiger partial charge in [-0.2, -0.15) is 0 Å². The van der Waals surface area contributed by atoms with Crippen LogP contribution in [-0.4, -0.2) is 21.7 Å². The van der Waals surface area contributed by atoms with Crippen molar-refractivity contribution in [1.29, 1.82) is 0 Å². The number of rotatable bonds is 4. The molecule has 0 atom stereocenters. The number of nitro benzene ring substituents is 2. The molecule has 12 heteroatoms. The zero-order chi connectivity index (χ0) is 21.4. The van der Waals surface area contributed by atoms with E-state index < -0.39 is 9.85 Å². The minimum Gasteiger partial charge on any atom is -0.393 e. The first-order chi connectivity index (χ1) is 13.0. The van der Waals surface area contributed by atoms with Crippen LogP contribution in [0, 0.1) is 20.2 Å². The summed E-state index contributed by atoms with van der Waals surface area (Å²) in [6.07, 6.45) is 0. The van der Waals surface area contributed by atoms with E-state index in [1.807, 2.05) is 0 Å². The molecule has 0 saturated heterocycles. The quantitative estimate of drug-likeness (QED) is 0.346. The maximum absolute atomic E-state index is 10.7. The molecule has 148 valence electrons.